The number of furan rings is 1. The van der Waals surface area contributed by atoms with Crippen LogP contribution in [-0.4, -0.2) is 65.3 Å². The molecular weight excluding hydrogens is 340 g/mol. The van der Waals surface area contributed by atoms with Gasteiger partial charge in [-0.15, -0.1) is 12.4 Å². The maximum absolute atomic E-state index is 12.6. The highest BCUT2D eigenvalue weighted by Gasteiger charge is 2.38. The summed E-state index contributed by atoms with van der Waals surface area (Å²) >= 11 is 0. The largest absolute Gasteiger partial charge is 0.433 e. The third kappa shape index (κ3) is 3.51. The fourth-order valence-electron chi connectivity index (χ4n) is 3.04. The number of hydrogen-bond acceptors (Lipinski definition) is 6. The normalized spacial score (nSPS) is 20.6. The molecule has 1 aromatic heterocycles. The van der Waals surface area contributed by atoms with E-state index in [2.05, 4.69) is 5.32 Å². The number of hydrogen-bond donors (Lipinski definition) is 1. The molecule has 24 heavy (non-hydrogen) atoms. The molecule has 2 amide bonds. The predicted octanol–water partition coefficient (Wildman–Crippen LogP) is 0.646. The molecule has 132 valence electrons. The molecule has 3 heterocycles. The second kappa shape index (κ2) is 7.63. The number of amides is 2. The summed E-state index contributed by atoms with van der Waals surface area (Å²) in [5.74, 6) is -1.10. The van der Waals surface area contributed by atoms with E-state index in [1.807, 2.05) is 0 Å². The minimum atomic E-state index is -0.690. The van der Waals surface area contributed by atoms with Crippen LogP contribution in [0.3, 0.4) is 0 Å². The first kappa shape index (κ1) is 18.2. The first-order valence-corrected chi connectivity index (χ1v) is 7.62. The molecule has 0 aliphatic carbocycles. The summed E-state index contributed by atoms with van der Waals surface area (Å²) in [6.07, 6.45) is 1.34. The Balaban J connectivity index is 0.00000208. The molecule has 0 aromatic carbocycles. The van der Waals surface area contributed by atoms with Crippen LogP contribution in [0.4, 0.5) is 5.88 Å². The average molecular weight is 359 g/mol. The van der Waals surface area contributed by atoms with Gasteiger partial charge in [-0.3, -0.25) is 19.7 Å². The molecule has 9 nitrogen and oxygen atoms in total. The van der Waals surface area contributed by atoms with E-state index < -0.39 is 22.8 Å². The molecular formula is C14H19ClN4O5. The van der Waals surface area contributed by atoms with Crippen LogP contribution >= 0.6 is 12.4 Å². The van der Waals surface area contributed by atoms with Crippen LogP contribution in [0.5, 0.6) is 0 Å². The lowest BCUT2D eigenvalue weighted by atomic mass is 10.1. The van der Waals surface area contributed by atoms with Gasteiger partial charge < -0.3 is 19.5 Å². The van der Waals surface area contributed by atoms with E-state index in [9.17, 15) is 19.7 Å². The summed E-state index contributed by atoms with van der Waals surface area (Å²) in [6, 6.07) is 1.92. The molecule has 2 aliphatic heterocycles. The summed E-state index contributed by atoms with van der Waals surface area (Å²) in [6.45, 7) is 3.20. The van der Waals surface area contributed by atoms with Crippen LogP contribution in [0.25, 0.3) is 0 Å². The van der Waals surface area contributed by atoms with E-state index in [1.165, 1.54) is 11.0 Å². The van der Waals surface area contributed by atoms with E-state index in [0.29, 0.717) is 26.1 Å². The Morgan fingerprint density at radius 1 is 1.25 bits per heavy atom. The minimum absolute atomic E-state index is 0. The molecule has 2 fully saturated rings. The van der Waals surface area contributed by atoms with Crippen molar-refractivity contribution in [2.24, 2.45) is 0 Å². The lowest BCUT2D eigenvalue weighted by Crippen LogP contribution is -2.53. The summed E-state index contributed by atoms with van der Waals surface area (Å²) in [5, 5.41) is 13.8. The number of halogens is 1. The number of nitrogens with one attached hydrogen (secondary N) is 1. The highest BCUT2D eigenvalue weighted by atomic mass is 35.5. The molecule has 1 unspecified atom stereocenters. The van der Waals surface area contributed by atoms with Crippen LogP contribution in [0.1, 0.15) is 23.4 Å². The fourth-order valence-corrected chi connectivity index (χ4v) is 3.04. The van der Waals surface area contributed by atoms with Crippen LogP contribution in [0.15, 0.2) is 16.5 Å². The lowest BCUT2D eigenvalue weighted by molar-refractivity contribution is -0.402. The smallest absolute Gasteiger partial charge is 0.395 e. The predicted molar refractivity (Wildman–Crippen MR) is 86.1 cm³/mol. The maximum atomic E-state index is 12.6. The molecule has 3 rings (SSSR count). The Morgan fingerprint density at radius 2 is 1.96 bits per heavy atom. The highest BCUT2D eigenvalue weighted by molar-refractivity contribution is 5.96. The maximum Gasteiger partial charge on any atom is 0.433 e. The number of carbonyl (C=O) groups is 2. The number of nitro groups is 1. The second-order valence-electron chi connectivity index (χ2n) is 5.63. The third-order valence-electron chi connectivity index (χ3n) is 4.21. The Kier molecular flexibility index (Phi) is 5.79. The van der Waals surface area contributed by atoms with Gasteiger partial charge in [0.05, 0.1) is 6.07 Å². The van der Waals surface area contributed by atoms with E-state index in [4.69, 9.17) is 4.42 Å². The first-order valence-electron chi connectivity index (χ1n) is 7.62. The summed E-state index contributed by atoms with van der Waals surface area (Å²) in [7, 11) is 0. The van der Waals surface area contributed by atoms with Gasteiger partial charge in [0.2, 0.25) is 5.91 Å². The van der Waals surface area contributed by atoms with Gasteiger partial charge in [-0.1, -0.05) is 0 Å². The van der Waals surface area contributed by atoms with Crippen molar-refractivity contribution in [3.05, 3.63) is 28.0 Å². The molecule has 0 bridgehead atoms. The summed E-state index contributed by atoms with van der Waals surface area (Å²) in [5.41, 5.74) is 0. The van der Waals surface area contributed by atoms with Gasteiger partial charge in [0.1, 0.15) is 11.0 Å². The number of piperazine rings is 1. The lowest BCUT2D eigenvalue weighted by Gasteiger charge is -2.32. The van der Waals surface area contributed by atoms with E-state index in [0.717, 1.165) is 25.6 Å². The van der Waals surface area contributed by atoms with Gasteiger partial charge in [0, 0.05) is 32.7 Å². The van der Waals surface area contributed by atoms with Gasteiger partial charge in [-0.2, -0.15) is 0 Å². The zero-order valence-corrected chi connectivity index (χ0v) is 13.8. The van der Waals surface area contributed by atoms with Gasteiger partial charge in [0.15, 0.2) is 5.76 Å². The number of carbonyl (C=O) groups excluding carboxylic acids is 2. The average Bonchev–Trinajstić information content (AvgIpc) is 3.23. The van der Waals surface area contributed by atoms with Crippen molar-refractivity contribution in [1.82, 2.24) is 15.1 Å². The molecule has 1 N–H and O–H groups in total. The van der Waals surface area contributed by atoms with Crippen molar-refractivity contribution < 1.29 is 18.9 Å². The minimum Gasteiger partial charge on any atom is -0.395 e. The molecule has 2 aliphatic rings. The topological polar surface area (TPSA) is 109 Å². The first-order chi connectivity index (χ1) is 11.1. The SMILES string of the molecule is Cl.O=C(C1CCCN1C(=O)c1ccc([N+](=O)[O-])o1)N1CCNCC1. The third-order valence-corrected chi connectivity index (χ3v) is 4.21. The van der Waals surface area contributed by atoms with Crippen LogP contribution in [0.2, 0.25) is 0 Å². The van der Waals surface area contributed by atoms with Gasteiger partial charge in [0.25, 0.3) is 5.91 Å². The zero-order chi connectivity index (χ0) is 16.4. The molecule has 1 atom stereocenters. The number of nitrogens with zero attached hydrogens (tertiary/aromatic N) is 3. The standard InChI is InChI=1S/C14H18N4O5.ClH/c19-13(16-8-5-15-6-9-16)10-2-1-7-17(10)14(20)11-3-4-12(23-11)18(21)22;/h3-4,10,15H,1-2,5-9H2;1H. The Bertz CT molecular complexity index is 628. The zero-order valence-electron chi connectivity index (χ0n) is 13.0. The van der Waals surface area contributed by atoms with Crippen molar-refractivity contribution in [2.45, 2.75) is 18.9 Å². The molecule has 0 radical (unpaired) electrons. The Morgan fingerprint density at radius 3 is 2.58 bits per heavy atom. The Labute approximate surface area is 144 Å². The van der Waals surface area contributed by atoms with Crippen molar-refractivity contribution in [1.29, 1.82) is 0 Å². The number of likely N-dealkylation sites (tertiary alicyclic amines) is 1. The van der Waals surface area contributed by atoms with Gasteiger partial charge in [-0.05, 0) is 18.9 Å². The van der Waals surface area contributed by atoms with Crippen LogP contribution in [-0.2, 0) is 4.79 Å². The highest BCUT2D eigenvalue weighted by Crippen LogP contribution is 2.24. The van der Waals surface area contributed by atoms with Gasteiger partial charge in [-0.25, -0.2) is 0 Å². The quantitative estimate of drug-likeness (QED) is 0.627. The molecule has 0 saturated carbocycles. The molecule has 0 spiro atoms. The van der Waals surface area contributed by atoms with E-state index >= 15 is 0 Å². The monoisotopic (exact) mass is 358 g/mol. The van der Waals surface area contributed by atoms with E-state index in [-0.39, 0.29) is 24.1 Å². The van der Waals surface area contributed by atoms with E-state index in [1.54, 1.807) is 4.90 Å². The summed E-state index contributed by atoms with van der Waals surface area (Å²) < 4.78 is 4.97. The van der Waals surface area contributed by atoms with Gasteiger partial charge >= 0.3 is 5.88 Å². The molecule has 2 saturated heterocycles. The Hall–Kier alpha value is -2.13. The fraction of sp³-hybridized carbons (Fsp3) is 0.571. The second-order valence-corrected chi connectivity index (χ2v) is 5.63. The van der Waals surface area contributed by atoms with Crippen molar-refractivity contribution in [3.63, 3.8) is 0 Å². The molecule has 1 aromatic rings. The van der Waals surface area contributed by atoms with Crippen LogP contribution in [0, 0.1) is 10.1 Å². The van der Waals surface area contributed by atoms with Crippen molar-refractivity contribution >= 4 is 30.1 Å². The molecule has 10 heteroatoms. The number of rotatable bonds is 3. The summed E-state index contributed by atoms with van der Waals surface area (Å²) in [4.78, 5) is 38.3. The van der Waals surface area contributed by atoms with Crippen molar-refractivity contribution in [3.8, 4) is 0 Å². The van der Waals surface area contributed by atoms with Crippen LogP contribution < -0.4 is 5.32 Å². The van der Waals surface area contributed by atoms with Crippen molar-refractivity contribution in [2.75, 3.05) is 32.7 Å².